The second-order valence-corrected chi connectivity index (χ2v) is 5.20. The van der Waals surface area contributed by atoms with Gasteiger partial charge < -0.3 is 24.7 Å². The summed E-state index contributed by atoms with van der Waals surface area (Å²) in [6.07, 6.45) is 1.93. The molecule has 0 bridgehead atoms. The van der Waals surface area contributed by atoms with Crippen molar-refractivity contribution in [3.63, 3.8) is 0 Å². The highest BCUT2D eigenvalue weighted by Gasteiger charge is 2.12. The van der Waals surface area contributed by atoms with Gasteiger partial charge in [-0.1, -0.05) is 18.2 Å². The highest BCUT2D eigenvalue weighted by atomic mass is 16.5. The van der Waals surface area contributed by atoms with E-state index in [-0.39, 0.29) is 12.1 Å². The maximum absolute atomic E-state index is 12.1. The van der Waals surface area contributed by atoms with Gasteiger partial charge in [0.2, 0.25) is 0 Å². The molecule has 22 heavy (non-hydrogen) atoms. The first-order valence-corrected chi connectivity index (χ1v) is 7.29. The minimum absolute atomic E-state index is 0.0492. The van der Waals surface area contributed by atoms with Gasteiger partial charge in [-0.15, -0.1) is 0 Å². The van der Waals surface area contributed by atoms with E-state index in [4.69, 9.17) is 9.47 Å². The quantitative estimate of drug-likeness (QED) is 0.826. The average molecular weight is 305 g/mol. The van der Waals surface area contributed by atoms with Crippen molar-refractivity contribution in [1.29, 1.82) is 0 Å². The van der Waals surface area contributed by atoms with Crippen LogP contribution in [0.15, 0.2) is 30.5 Å². The summed E-state index contributed by atoms with van der Waals surface area (Å²) in [4.78, 5) is 12.1. The zero-order valence-electron chi connectivity index (χ0n) is 13.3. The molecule has 120 valence electrons. The van der Waals surface area contributed by atoms with Crippen LogP contribution in [-0.4, -0.2) is 44.1 Å². The number of para-hydroxylation sites is 1. The summed E-state index contributed by atoms with van der Waals surface area (Å²) in [6, 6.07) is 7.68. The molecular weight excluding hydrogens is 282 g/mol. The Bertz CT molecular complexity index is 624. The van der Waals surface area contributed by atoms with Gasteiger partial charge in [0.1, 0.15) is 0 Å². The van der Waals surface area contributed by atoms with Crippen LogP contribution in [0.25, 0.3) is 10.9 Å². The number of urea groups is 1. The van der Waals surface area contributed by atoms with E-state index < -0.39 is 0 Å². The van der Waals surface area contributed by atoms with E-state index in [0.717, 1.165) is 23.1 Å². The maximum Gasteiger partial charge on any atom is 0.319 e. The van der Waals surface area contributed by atoms with Crippen molar-refractivity contribution in [2.75, 3.05) is 32.8 Å². The highest BCUT2D eigenvalue weighted by molar-refractivity contribution is 6.01. The number of nitrogens with zero attached hydrogens (tertiary/aromatic N) is 1. The molecule has 0 saturated heterocycles. The Balaban J connectivity index is 2.15. The number of aromatic nitrogens is 1. The normalized spacial score (nSPS) is 12.3. The van der Waals surface area contributed by atoms with E-state index in [1.807, 2.05) is 37.4 Å². The lowest BCUT2D eigenvalue weighted by molar-refractivity contribution is 0.173. The van der Waals surface area contributed by atoms with Crippen molar-refractivity contribution in [2.45, 2.75) is 19.5 Å². The molecule has 0 spiro atoms. The fourth-order valence-corrected chi connectivity index (χ4v) is 2.39. The summed E-state index contributed by atoms with van der Waals surface area (Å²) in [5.74, 6) is 0. The molecule has 0 aliphatic rings. The number of benzene rings is 1. The number of hydrogen-bond donors (Lipinski definition) is 2. The van der Waals surface area contributed by atoms with Crippen LogP contribution in [0.3, 0.4) is 0 Å². The second kappa shape index (κ2) is 7.82. The predicted molar refractivity (Wildman–Crippen MR) is 87.3 cm³/mol. The van der Waals surface area contributed by atoms with Gasteiger partial charge in [0.15, 0.2) is 0 Å². The molecule has 0 fully saturated rings. The SMILES string of the molecule is COCCn1cc(NC(=O)NC(C)COC)c2ccccc21. The first kappa shape index (κ1) is 16.3. The number of carbonyl (C=O) groups excluding carboxylic acids is 1. The van der Waals surface area contributed by atoms with Crippen LogP contribution in [0, 0.1) is 0 Å². The molecule has 1 aromatic heterocycles. The fourth-order valence-electron chi connectivity index (χ4n) is 2.39. The van der Waals surface area contributed by atoms with Gasteiger partial charge in [0.25, 0.3) is 0 Å². The largest absolute Gasteiger partial charge is 0.383 e. The summed E-state index contributed by atoms with van der Waals surface area (Å²) in [5.41, 5.74) is 1.86. The summed E-state index contributed by atoms with van der Waals surface area (Å²) >= 11 is 0. The number of carbonyl (C=O) groups is 1. The smallest absolute Gasteiger partial charge is 0.319 e. The van der Waals surface area contributed by atoms with Gasteiger partial charge in [-0.05, 0) is 13.0 Å². The molecular formula is C16H23N3O3. The Morgan fingerprint density at radius 2 is 2.05 bits per heavy atom. The van der Waals surface area contributed by atoms with Gasteiger partial charge in [0, 0.05) is 32.3 Å². The van der Waals surface area contributed by atoms with E-state index in [1.54, 1.807) is 14.2 Å². The lowest BCUT2D eigenvalue weighted by Gasteiger charge is -2.13. The highest BCUT2D eigenvalue weighted by Crippen LogP contribution is 2.25. The number of fused-ring (bicyclic) bond motifs is 1. The topological polar surface area (TPSA) is 64.5 Å². The molecule has 1 aromatic carbocycles. The van der Waals surface area contributed by atoms with Crippen molar-refractivity contribution in [3.8, 4) is 0 Å². The number of rotatable bonds is 7. The fraction of sp³-hybridized carbons (Fsp3) is 0.438. The molecule has 2 N–H and O–H groups in total. The third-order valence-electron chi connectivity index (χ3n) is 3.37. The Hall–Kier alpha value is -2.05. The molecule has 0 radical (unpaired) electrons. The molecule has 1 heterocycles. The van der Waals surface area contributed by atoms with Crippen LogP contribution in [-0.2, 0) is 16.0 Å². The van der Waals surface area contributed by atoms with Crippen LogP contribution in [0.5, 0.6) is 0 Å². The maximum atomic E-state index is 12.1. The summed E-state index contributed by atoms with van der Waals surface area (Å²) in [7, 11) is 3.29. The zero-order chi connectivity index (χ0) is 15.9. The molecule has 6 nitrogen and oxygen atoms in total. The summed E-state index contributed by atoms with van der Waals surface area (Å²) in [6.45, 7) is 3.73. The zero-order valence-corrected chi connectivity index (χ0v) is 13.3. The molecule has 0 aliphatic heterocycles. The van der Waals surface area contributed by atoms with E-state index >= 15 is 0 Å². The summed E-state index contributed by atoms with van der Waals surface area (Å²) < 4.78 is 12.2. The third kappa shape index (κ3) is 3.99. The number of hydrogen-bond acceptors (Lipinski definition) is 3. The Labute approximate surface area is 130 Å². The van der Waals surface area contributed by atoms with Crippen molar-refractivity contribution in [2.24, 2.45) is 0 Å². The molecule has 2 rings (SSSR count). The van der Waals surface area contributed by atoms with E-state index in [2.05, 4.69) is 15.2 Å². The standard InChI is InChI=1S/C16H23N3O3/c1-12(11-22-3)17-16(20)18-14-10-19(8-9-21-2)15-7-5-4-6-13(14)15/h4-7,10,12H,8-9,11H2,1-3H3,(H2,17,18,20). The predicted octanol–water partition coefficient (Wildman–Crippen LogP) is 2.44. The van der Waals surface area contributed by atoms with Gasteiger partial charge in [-0.25, -0.2) is 4.79 Å². The Morgan fingerprint density at radius 1 is 1.27 bits per heavy atom. The average Bonchev–Trinajstić information content (AvgIpc) is 2.83. The summed E-state index contributed by atoms with van der Waals surface area (Å²) in [5, 5.41) is 6.75. The molecule has 2 amide bonds. The van der Waals surface area contributed by atoms with Crippen LogP contribution >= 0.6 is 0 Å². The van der Waals surface area contributed by atoms with Crippen molar-refractivity contribution in [3.05, 3.63) is 30.5 Å². The van der Waals surface area contributed by atoms with E-state index in [1.165, 1.54) is 0 Å². The van der Waals surface area contributed by atoms with Crippen LogP contribution in [0.1, 0.15) is 6.92 Å². The first-order valence-electron chi connectivity index (χ1n) is 7.29. The number of amides is 2. The number of methoxy groups -OCH3 is 2. The lowest BCUT2D eigenvalue weighted by atomic mass is 10.2. The van der Waals surface area contributed by atoms with E-state index in [0.29, 0.717) is 13.2 Å². The second-order valence-electron chi connectivity index (χ2n) is 5.20. The molecule has 2 aromatic rings. The molecule has 1 unspecified atom stereocenters. The van der Waals surface area contributed by atoms with Crippen molar-refractivity contribution >= 4 is 22.6 Å². The molecule has 1 atom stereocenters. The van der Waals surface area contributed by atoms with Crippen LogP contribution in [0.2, 0.25) is 0 Å². The van der Waals surface area contributed by atoms with Gasteiger partial charge in [0.05, 0.1) is 30.5 Å². The Kier molecular flexibility index (Phi) is 5.80. The van der Waals surface area contributed by atoms with Crippen molar-refractivity contribution < 1.29 is 14.3 Å². The number of nitrogens with one attached hydrogen (secondary N) is 2. The van der Waals surface area contributed by atoms with Gasteiger partial charge >= 0.3 is 6.03 Å². The first-order chi connectivity index (χ1) is 10.7. The van der Waals surface area contributed by atoms with E-state index in [9.17, 15) is 4.79 Å². The van der Waals surface area contributed by atoms with Gasteiger partial charge in [-0.2, -0.15) is 0 Å². The van der Waals surface area contributed by atoms with Crippen LogP contribution < -0.4 is 10.6 Å². The molecule has 0 aliphatic carbocycles. The van der Waals surface area contributed by atoms with Gasteiger partial charge in [-0.3, -0.25) is 0 Å². The number of anilines is 1. The van der Waals surface area contributed by atoms with Crippen LogP contribution in [0.4, 0.5) is 10.5 Å². The minimum atomic E-state index is -0.237. The molecule has 6 heteroatoms. The van der Waals surface area contributed by atoms with Crippen molar-refractivity contribution in [1.82, 2.24) is 9.88 Å². The molecule has 0 saturated carbocycles. The monoisotopic (exact) mass is 305 g/mol. The Morgan fingerprint density at radius 3 is 2.77 bits per heavy atom. The number of ether oxygens (including phenoxy) is 2. The minimum Gasteiger partial charge on any atom is -0.383 e. The third-order valence-corrected chi connectivity index (χ3v) is 3.37. The lowest BCUT2D eigenvalue weighted by Crippen LogP contribution is -2.38.